The lowest BCUT2D eigenvalue weighted by Crippen LogP contribution is -2.12. The third-order valence-electron chi connectivity index (χ3n) is 3.44. The standard InChI is InChI=1S/C15H15NO/c1-10-4-2-7-13-14(10)9-16-15(13)11-5-3-6-12(17)8-11/h2-8,15-17H,9H2,1H3. The fourth-order valence-corrected chi connectivity index (χ4v) is 2.55. The van der Waals surface area contributed by atoms with E-state index in [9.17, 15) is 5.11 Å². The Balaban J connectivity index is 2.07. The van der Waals surface area contributed by atoms with Gasteiger partial charge in [0, 0.05) is 6.54 Å². The molecule has 1 aliphatic heterocycles. The summed E-state index contributed by atoms with van der Waals surface area (Å²) in [5, 5.41) is 13.0. The number of benzene rings is 2. The number of hydrogen-bond acceptors (Lipinski definition) is 2. The highest BCUT2D eigenvalue weighted by molar-refractivity contribution is 5.45. The molecule has 0 radical (unpaired) electrons. The van der Waals surface area contributed by atoms with Crippen molar-refractivity contribution >= 4 is 0 Å². The molecular formula is C15H15NO. The summed E-state index contributed by atoms with van der Waals surface area (Å²) in [6.07, 6.45) is 0. The molecule has 2 N–H and O–H groups in total. The molecule has 2 aromatic rings. The summed E-state index contributed by atoms with van der Waals surface area (Å²) in [4.78, 5) is 0. The number of fused-ring (bicyclic) bond motifs is 1. The molecule has 1 heterocycles. The van der Waals surface area contributed by atoms with Gasteiger partial charge in [-0.25, -0.2) is 0 Å². The zero-order chi connectivity index (χ0) is 11.8. The lowest BCUT2D eigenvalue weighted by Gasteiger charge is -2.13. The Kier molecular flexibility index (Phi) is 2.37. The van der Waals surface area contributed by atoms with Crippen LogP contribution in [0.4, 0.5) is 0 Å². The zero-order valence-corrected chi connectivity index (χ0v) is 9.77. The summed E-state index contributed by atoms with van der Waals surface area (Å²) in [5.74, 6) is 0.324. The van der Waals surface area contributed by atoms with Gasteiger partial charge < -0.3 is 10.4 Å². The maximum atomic E-state index is 9.55. The topological polar surface area (TPSA) is 32.3 Å². The van der Waals surface area contributed by atoms with Crippen LogP contribution in [0.2, 0.25) is 0 Å². The number of nitrogens with one attached hydrogen (secondary N) is 1. The van der Waals surface area contributed by atoms with Gasteiger partial charge in [0.2, 0.25) is 0 Å². The lowest BCUT2D eigenvalue weighted by molar-refractivity contribution is 0.473. The average Bonchev–Trinajstić information content (AvgIpc) is 2.74. The van der Waals surface area contributed by atoms with Gasteiger partial charge in [0.15, 0.2) is 0 Å². The predicted molar refractivity (Wildman–Crippen MR) is 68.0 cm³/mol. The molecule has 17 heavy (non-hydrogen) atoms. The summed E-state index contributed by atoms with van der Waals surface area (Å²) in [6.45, 7) is 3.05. The van der Waals surface area contributed by atoms with Gasteiger partial charge in [-0.15, -0.1) is 0 Å². The van der Waals surface area contributed by atoms with Gasteiger partial charge in [-0.1, -0.05) is 30.3 Å². The van der Waals surface area contributed by atoms with E-state index in [4.69, 9.17) is 0 Å². The Hall–Kier alpha value is -1.80. The molecule has 0 bridgehead atoms. The summed E-state index contributed by atoms with van der Waals surface area (Å²) >= 11 is 0. The van der Waals surface area contributed by atoms with E-state index in [1.165, 1.54) is 16.7 Å². The van der Waals surface area contributed by atoms with Crippen LogP contribution in [0, 0.1) is 6.92 Å². The van der Waals surface area contributed by atoms with Crippen molar-refractivity contribution in [2.75, 3.05) is 0 Å². The molecule has 0 aromatic heterocycles. The average molecular weight is 225 g/mol. The SMILES string of the molecule is Cc1cccc2c1CNC2c1cccc(O)c1. The van der Waals surface area contributed by atoms with Gasteiger partial charge in [0.1, 0.15) is 5.75 Å². The van der Waals surface area contributed by atoms with Gasteiger partial charge in [0.05, 0.1) is 6.04 Å². The maximum Gasteiger partial charge on any atom is 0.115 e. The van der Waals surface area contributed by atoms with Gasteiger partial charge in [-0.05, 0) is 41.3 Å². The molecule has 0 spiro atoms. The van der Waals surface area contributed by atoms with Crippen molar-refractivity contribution < 1.29 is 5.11 Å². The number of phenols is 1. The van der Waals surface area contributed by atoms with E-state index in [0.29, 0.717) is 5.75 Å². The highest BCUT2D eigenvalue weighted by atomic mass is 16.3. The number of phenolic OH excluding ortho intramolecular Hbond substituents is 1. The first-order valence-electron chi connectivity index (χ1n) is 5.86. The second-order valence-electron chi connectivity index (χ2n) is 4.55. The predicted octanol–water partition coefficient (Wildman–Crippen LogP) is 2.89. The smallest absolute Gasteiger partial charge is 0.115 e. The van der Waals surface area contributed by atoms with E-state index in [1.54, 1.807) is 6.07 Å². The van der Waals surface area contributed by atoms with E-state index in [1.807, 2.05) is 12.1 Å². The van der Waals surface area contributed by atoms with Crippen LogP contribution in [0.1, 0.15) is 28.3 Å². The molecule has 2 aromatic carbocycles. The van der Waals surface area contributed by atoms with Crippen LogP contribution in [0.15, 0.2) is 42.5 Å². The van der Waals surface area contributed by atoms with Crippen molar-refractivity contribution in [1.29, 1.82) is 0 Å². The third-order valence-corrected chi connectivity index (χ3v) is 3.44. The molecule has 2 heteroatoms. The largest absolute Gasteiger partial charge is 0.508 e. The summed E-state index contributed by atoms with van der Waals surface area (Å²) in [5.41, 5.74) is 5.17. The Morgan fingerprint density at radius 1 is 1.18 bits per heavy atom. The lowest BCUT2D eigenvalue weighted by atomic mass is 9.96. The minimum atomic E-state index is 0.206. The van der Waals surface area contributed by atoms with E-state index >= 15 is 0 Å². The monoisotopic (exact) mass is 225 g/mol. The van der Waals surface area contributed by atoms with Crippen LogP contribution in [-0.4, -0.2) is 5.11 Å². The van der Waals surface area contributed by atoms with Crippen LogP contribution in [-0.2, 0) is 6.54 Å². The Bertz CT molecular complexity index is 563. The Morgan fingerprint density at radius 2 is 2.00 bits per heavy atom. The molecule has 2 nitrogen and oxygen atoms in total. The molecule has 3 rings (SSSR count). The summed E-state index contributed by atoms with van der Waals surface area (Å²) < 4.78 is 0. The molecule has 1 atom stereocenters. The molecule has 0 aliphatic carbocycles. The molecule has 1 aliphatic rings. The fraction of sp³-hybridized carbons (Fsp3) is 0.200. The van der Waals surface area contributed by atoms with Gasteiger partial charge in [-0.2, -0.15) is 0 Å². The van der Waals surface area contributed by atoms with Crippen molar-refractivity contribution in [2.24, 2.45) is 0 Å². The number of rotatable bonds is 1. The number of aryl methyl sites for hydroxylation is 1. The van der Waals surface area contributed by atoms with E-state index < -0.39 is 0 Å². The zero-order valence-electron chi connectivity index (χ0n) is 9.77. The van der Waals surface area contributed by atoms with Crippen LogP contribution in [0.3, 0.4) is 0 Å². The molecule has 0 saturated heterocycles. The quantitative estimate of drug-likeness (QED) is 0.782. The maximum absolute atomic E-state index is 9.55. The molecular weight excluding hydrogens is 210 g/mol. The Morgan fingerprint density at radius 3 is 2.82 bits per heavy atom. The van der Waals surface area contributed by atoms with Crippen molar-refractivity contribution in [3.8, 4) is 5.75 Å². The second-order valence-corrected chi connectivity index (χ2v) is 4.55. The highest BCUT2D eigenvalue weighted by Gasteiger charge is 2.24. The minimum Gasteiger partial charge on any atom is -0.508 e. The van der Waals surface area contributed by atoms with Crippen LogP contribution in [0.25, 0.3) is 0 Å². The van der Waals surface area contributed by atoms with Crippen molar-refractivity contribution in [3.05, 3.63) is 64.7 Å². The molecule has 0 saturated carbocycles. The van der Waals surface area contributed by atoms with Gasteiger partial charge >= 0.3 is 0 Å². The van der Waals surface area contributed by atoms with Gasteiger partial charge in [-0.3, -0.25) is 0 Å². The highest BCUT2D eigenvalue weighted by Crippen LogP contribution is 2.33. The van der Waals surface area contributed by atoms with Crippen LogP contribution >= 0.6 is 0 Å². The number of hydrogen-bond donors (Lipinski definition) is 2. The first kappa shape index (κ1) is 10.4. The molecule has 1 unspecified atom stereocenters. The number of aromatic hydroxyl groups is 1. The summed E-state index contributed by atoms with van der Waals surface area (Å²) in [7, 11) is 0. The second kappa shape index (κ2) is 3.90. The van der Waals surface area contributed by atoms with E-state index in [-0.39, 0.29) is 6.04 Å². The van der Waals surface area contributed by atoms with Crippen LogP contribution < -0.4 is 5.32 Å². The van der Waals surface area contributed by atoms with Crippen molar-refractivity contribution in [1.82, 2.24) is 5.32 Å². The molecule has 0 amide bonds. The first-order chi connectivity index (χ1) is 8.25. The first-order valence-corrected chi connectivity index (χ1v) is 5.86. The minimum absolute atomic E-state index is 0.206. The normalized spacial score (nSPS) is 18.1. The van der Waals surface area contributed by atoms with Crippen molar-refractivity contribution in [2.45, 2.75) is 19.5 Å². The van der Waals surface area contributed by atoms with E-state index in [0.717, 1.165) is 12.1 Å². The van der Waals surface area contributed by atoms with Gasteiger partial charge in [0.25, 0.3) is 0 Å². The fourth-order valence-electron chi connectivity index (χ4n) is 2.55. The third kappa shape index (κ3) is 1.71. The summed E-state index contributed by atoms with van der Waals surface area (Å²) in [6, 6.07) is 14.1. The Labute approximate surface area is 101 Å². The van der Waals surface area contributed by atoms with Crippen LogP contribution in [0.5, 0.6) is 5.75 Å². The van der Waals surface area contributed by atoms with E-state index in [2.05, 4.69) is 36.5 Å². The molecule has 86 valence electrons. The van der Waals surface area contributed by atoms with Crippen molar-refractivity contribution in [3.63, 3.8) is 0 Å². The molecule has 0 fully saturated rings.